The lowest BCUT2D eigenvalue weighted by atomic mass is 10.2. The van der Waals surface area contributed by atoms with Crippen LogP contribution in [0.15, 0.2) is 53.7 Å². The molecule has 0 saturated carbocycles. The maximum absolute atomic E-state index is 11.4. The van der Waals surface area contributed by atoms with E-state index in [2.05, 4.69) is 21.0 Å². The van der Waals surface area contributed by atoms with Gasteiger partial charge in [-0.3, -0.25) is 4.57 Å². The molecule has 0 bridgehead atoms. The summed E-state index contributed by atoms with van der Waals surface area (Å²) in [4.78, 5) is 11.4. The van der Waals surface area contributed by atoms with Crippen LogP contribution in [0, 0.1) is 13.8 Å². The molecule has 3 aromatic rings. The molecular weight excluding hydrogens is 390 g/mol. The van der Waals surface area contributed by atoms with Gasteiger partial charge in [-0.25, -0.2) is 4.79 Å². The Balaban J connectivity index is 1.56. The van der Waals surface area contributed by atoms with E-state index in [1.165, 1.54) is 18.9 Å². The second kappa shape index (κ2) is 9.58. The lowest BCUT2D eigenvalue weighted by Gasteiger charge is -2.13. The fourth-order valence-electron chi connectivity index (χ4n) is 2.72. The third-order valence-corrected chi connectivity index (χ3v) is 5.25. The predicted molar refractivity (Wildman–Crippen MR) is 111 cm³/mol. The van der Waals surface area contributed by atoms with Crippen molar-refractivity contribution < 1.29 is 19.4 Å². The van der Waals surface area contributed by atoms with Crippen LogP contribution in [-0.2, 0) is 4.74 Å². The third kappa shape index (κ3) is 5.36. The molecule has 1 heterocycles. The summed E-state index contributed by atoms with van der Waals surface area (Å²) in [5, 5.41) is 19.4. The molecule has 1 unspecified atom stereocenters. The molecule has 2 aromatic carbocycles. The number of nitrogens with zero attached hydrogens (tertiary/aromatic N) is 3. The maximum Gasteiger partial charge on any atom is 0.337 e. The largest absolute Gasteiger partial charge is 0.491 e. The number of benzene rings is 2. The molecule has 1 N–H and O–H groups in total. The van der Waals surface area contributed by atoms with Gasteiger partial charge >= 0.3 is 5.97 Å². The van der Waals surface area contributed by atoms with E-state index >= 15 is 0 Å². The molecule has 0 aliphatic rings. The van der Waals surface area contributed by atoms with Crippen molar-refractivity contribution in [1.29, 1.82) is 0 Å². The number of hydrogen-bond acceptors (Lipinski definition) is 7. The van der Waals surface area contributed by atoms with Gasteiger partial charge in [0.1, 0.15) is 18.2 Å². The molecule has 152 valence electrons. The summed E-state index contributed by atoms with van der Waals surface area (Å²) in [6, 6.07) is 14.7. The molecule has 0 amide bonds. The fraction of sp³-hybridized carbons (Fsp3) is 0.286. The molecule has 0 saturated heterocycles. The van der Waals surface area contributed by atoms with Crippen molar-refractivity contribution in [1.82, 2.24) is 14.8 Å². The SMILES string of the molecule is COC(=O)c1ccc(OCC(O)CSc2nnc(C)n2-c2cccc(C)c2)cc1. The minimum absolute atomic E-state index is 0.127. The Labute approximate surface area is 173 Å². The molecule has 1 atom stereocenters. The number of carbonyl (C=O) groups is 1. The molecule has 0 fully saturated rings. The quantitative estimate of drug-likeness (QED) is 0.448. The van der Waals surface area contributed by atoms with Gasteiger partial charge in [-0.2, -0.15) is 0 Å². The Morgan fingerprint density at radius 3 is 2.62 bits per heavy atom. The van der Waals surface area contributed by atoms with Crippen LogP contribution in [-0.4, -0.2) is 51.4 Å². The van der Waals surface area contributed by atoms with Crippen molar-refractivity contribution >= 4 is 17.7 Å². The average molecular weight is 413 g/mol. The van der Waals surface area contributed by atoms with Gasteiger partial charge in [-0.05, 0) is 55.8 Å². The molecule has 0 aliphatic heterocycles. The normalized spacial score (nSPS) is 11.9. The average Bonchev–Trinajstić information content (AvgIpc) is 3.10. The van der Waals surface area contributed by atoms with Gasteiger partial charge in [0.25, 0.3) is 0 Å². The number of aromatic nitrogens is 3. The van der Waals surface area contributed by atoms with Crippen LogP contribution in [0.25, 0.3) is 5.69 Å². The van der Waals surface area contributed by atoms with Gasteiger partial charge < -0.3 is 14.6 Å². The molecule has 7 nitrogen and oxygen atoms in total. The highest BCUT2D eigenvalue weighted by molar-refractivity contribution is 7.99. The van der Waals surface area contributed by atoms with Gasteiger partial charge in [0, 0.05) is 11.4 Å². The zero-order chi connectivity index (χ0) is 20.8. The monoisotopic (exact) mass is 413 g/mol. The zero-order valence-electron chi connectivity index (χ0n) is 16.5. The first kappa shape index (κ1) is 20.9. The highest BCUT2D eigenvalue weighted by atomic mass is 32.2. The van der Waals surface area contributed by atoms with E-state index in [1.54, 1.807) is 24.3 Å². The number of hydrogen-bond donors (Lipinski definition) is 1. The summed E-state index contributed by atoms with van der Waals surface area (Å²) in [7, 11) is 1.34. The van der Waals surface area contributed by atoms with Crippen LogP contribution in [0.2, 0.25) is 0 Å². The Hall–Kier alpha value is -2.84. The first-order valence-corrected chi connectivity index (χ1v) is 10.1. The first-order valence-electron chi connectivity index (χ1n) is 9.09. The predicted octanol–water partition coefficient (Wildman–Crippen LogP) is 3.20. The molecule has 0 spiro atoms. The first-order chi connectivity index (χ1) is 14.0. The highest BCUT2D eigenvalue weighted by Crippen LogP contribution is 2.23. The zero-order valence-corrected chi connectivity index (χ0v) is 17.3. The van der Waals surface area contributed by atoms with E-state index in [-0.39, 0.29) is 6.61 Å². The standard InChI is InChI=1S/C21H23N3O4S/c1-14-5-4-6-17(11-14)24-15(2)22-23-21(24)29-13-18(25)12-28-19-9-7-16(8-10-19)20(26)27-3/h4-11,18,25H,12-13H2,1-3H3. The lowest BCUT2D eigenvalue weighted by Crippen LogP contribution is -2.20. The summed E-state index contributed by atoms with van der Waals surface area (Å²) in [5.74, 6) is 1.36. The minimum Gasteiger partial charge on any atom is -0.491 e. The van der Waals surface area contributed by atoms with Gasteiger partial charge in [0.15, 0.2) is 5.16 Å². The molecule has 29 heavy (non-hydrogen) atoms. The minimum atomic E-state index is -0.691. The molecule has 8 heteroatoms. The van der Waals surface area contributed by atoms with Crippen molar-refractivity contribution in [3.8, 4) is 11.4 Å². The Morgan fingerprint density at radius 2 is 1.93 bits per heavy atom. The number of methoxy groups -OCH3 is 1. The Morgan fingerprint density at radius 1 is 1.17 bits per heavy atom. The second-order valence-electron chi connectivity index (χ2n) is 6.50. The van der Waals surface area contributed by atoms with Crippen LogP contribution in [0.1, 0.15) is 21.7 Å². The van der Waals surface area contributed by atoms with Crippen molar-refractivity contribution in [2.24, 2.45) is 0 Å². The van der Waals surface area contributed by atoms with Crippen molar-refractivity contribution in [2.45, 2.75) is 25.1 Å². The second-order valence-corrected chi connectivity index (χ2v) is 7.48. The van der Waals surface area contributed by atoms with Crippen molar-refractivity contribution in [3.63, 3.8) is 0 Å². The van der Waals surface area contributed by atoms with Crippen molar-refractivity contribution in [3.05, 3.63) is 65.5 Å². The number of aryl methyl sites for hydroxylation is 2. The van der Waals surface area contributed by atoms with Crippen LogP contribution in [0.5, 0.6) is 5.75 Å². The molecule has 0 aliphatic carbocycles. The van der Waals surface area contributed by atoms with Crippen LogP contribution < -0.4 is 4.74 Å². The van der Waals surface area contributed by atoms with Crippen LogP contribution in [0.4, 0.5) is 0 Å². The van der Waals surface area contributed by atoms with Gasteiger partial charge in [0.2, 0.25) is 0 Å². The van der Waals surface area contributed by atoms with E-state index in [0.717, 1.165) is 22.2 Å². The summed E-state index contributed by atoms with van der Waals surface area (Å²) in [6.45, 7) is 4.06. The summed E-state index contributed by atoms with van der Waals surface area (Å²) in [5.41, 5.74) is 2.59. The third-order valence-electron chi connectivity index (χ3n) is 4.18. The van der Waals surface area contributed by atoms with Crippen LogP contribution >= 0.6 is 11.8 Å². The number of carbonyl (C=O) groups excluding carboxylic acids is 1. The van der Waals surface area contributed by atoms with E-state index in [1.807, 2.05) is 36.6 Å². The number of aliphatic hydroxyl groups is 1. The van der Waals surface area contributed by atoms with Crippen LogP contribution in [0.3, 0.4) is 0 Å². The van der Waals surface area contributed by atoms with Gasteiger partial charge in [-0.15, -0.1) is 10.2 Å². The van der Waals surface area contributed by atoms with E-state index in [4.69, 9.17) is 4.74 Å². The fourth-order valence-corrected chi connectivity index (χ4v) is 3.62. The molecular formula is C21H23N3O4S. The van der Waals surface area contributed by atoms with E-state index in [0.29, 0.717) is 17.1 Å². The Kier molecular flexibility index (Phi) is 6.90. The number of rotatable bonds is 8. The summed E-state index contributed by atoms with van der Waals surface area (Å²) in [6.07, 6.45) is -0.691. The summed E-state index contributed by atoms with van der Waals surface area (Å²) < 4.78 is 12.2. The van der Waals surface area contributed by atoms with Crippen molar-refractivity contribution in [2.75, 3.05) is 19.5 Å². The summed E-state index contributed by atoms with van der Waals surface area (Å²) >= 11 is 1.42. The molecule has 3 rings (SSSR count). The molecule has 0 radical (unpaired) electrons. The lowest BCUT2D eigenvalue weighted by molar-refractivity contribution is 0.0600. The number of aliphatic hydroxyl groups excluding tert-OH is 1. The molecule has 1 aromatic heterocycles. The number of ether oxygens (including phenoxy) is 2. The highest BCUT2D eigenvalue weighted by Gasteiger charge is 2.14. The van der Waals surface area contributed by atoms with Gasteiger partial charge in [-0.1, -0.05) is 23.9 Å². The Bertz CT molecular complexity index is 972. The number of thioether (sulfide) groups is 1. The van der Waals surface area contributed by atoms with Gasteiger partial charge in [0.05, 0.1) is 18.8 Å². The smallest absolute Gasteiger partial charge is 0.337 e. The van der Waals surface area contributed by atoms with E-state index in [9.17, 15) is 9.90 Å². The topological polar surface area (TPSA) is 86.5 Å². The number of esters is 1. The van der Waals surface area contributed by atoms with E-state index < -0.39 is 12.1 Å². The maximum atomic E-state index is 11.4.